The minimum absolute atomic E-state index is 0.223. The summed E-state index contributed by atoms with van der Waals surface area (Å²) in [7, 11) is 0. The highest BCUT2D eigenvalue weighted by Crippen LogP contribution is 2.18. The molecule has 0 radical (unpaired) electrons. The van der Waals surface area contributed by atoms with Crippen LogP contribution >= 0.6 is 0 Å². The van der Waals surface area contributed by atoms with E-state index in [4.69, 9.17) is 0 Å². The van der Waals surface area contributed by atoms with Crippen molar-refractivity contribution in [3.05, 3.63) is 11.4 Å². The zero-order valence-electron chi connectivity index (χ0n) is 9.18. The average Bonchev–Trinajstić information content (AvgIpc) is 2.59. The fraction of sp³-hybridized carbons (Fsp3) is 0.800. The smallest absolute Gasteiger partial charge is 0.122 e. The van der Waals surface area contributed by atoms with Crippen LogP contribution in [0.25, 0.3) is 0 Å². The summed E-state index contributed by atoms with van der Waals surface area (Å²) >= 11 is 0. The first-order valence-electron chi connectivity index (χ1n) is 5.35. The maximum Gasteiger partial charge on any atom is 0.122 e. The van der Waals surface area contributed by atoms with E-state index in [0.717, 1.165) is 30.9 Å². The van der Waals surface area contributed by atoms with Gasteiger partial charge in [-0.05, 0) is 25.8 Å². The van der Waals surface area contributed by atoms with Gasteiger partial charge in [-0.15, -0.1) is 0 Å². The molecule has 1 N–H and O–H groups in total. The quantitative estimate of drug-likeness (QED) is 0.775. The molecule has 0 aliphatic carbocycles. The lowest BCUT2D eigenvalue weighted by molar-refractivity contribution is 0.0250. The van der Waals surface area contributed by atoms with Gasteiger partial charge in [-0.3, -0.25) is 4.90 Å². The van der Waals surface area contributed by atoms with Crippen LogP contribution in [0.15, 0.2) is 4.63 Å². The van der Waals surface area contributed by atoms with E-state index in [0.29, 0.717) is 12.5 Å². The van der Waals surface area contributed by atoms with E-state index in [-0.39, 0.29) is 6.10 Å². The molecule has 2 rings (SSSR count). The van der Waals surface area contributed by atoms with Crippen LogP contribution < -0.4 is 0 Å². The fourth-order valence-electron chi connectivity index (χ4n) is 1.86. The third kappa shape index (κ3) is 2.35. The molecule has 5 nitrogen and oxygen atoms in total. The molecule has 1 saturated heterocycles. The Hall–Kier alpha value is -0.940. The van der Waals surface area contributed by atoms with Gasteiger partial charge in [-0.25, -0.2) is 4.63 Å². The van der Waals surface area contributed by atoms with Gasteiger partial charge in [0.15, 0.2) is 0 Å². The number of aliphatic hydroxyl groups excluding tert-OH is 1. The lowest BCUT2D eigenvalue weighted by atomic mass is 9.96. The molecule has 1 aliphatic rings. The van der Waals surface area contributed by atoms with Gasteiger partial charge in [0.2, 0.25) is 0 Å². The predicted molar refractivity (Wildman–Crippen MR) is 54.1 cm³/mol. The number of likely N-dealkylation sites (tertiary alicyclic amines) is 1. The molecule has 0 bridgehead atoms. The van der Waals surface area contributed by atoms with Crippen LogP contribution in [-0.2, 0) is 6.54 Å². The number of aliphatic hydroxyl groups is 1. The Balaban J connectivity index is 1.94. The van der Waals surface area contributed by atoms with Crippen LogP contribution in [0, 0.1) is 12.8 Å². The van der Waals surface area contributed by atoms with Gasteiger partial charge in [0.25, 0.3) is 0 Å². The van der Waals surface area contributed by atoms with E-state index in [9.17, 15) is 5.11 Å². The first-order valence-corrected chi connectivity index (χ1v) is 5.35. The molecule has 2 atom stereocenters. The monoisotopic (exact) mass is 211 g/mol. The predicted octanol–water partition coefficient (Wildman–Crippen LogP) is 0.581. The Bertz CT molecular complexity index is 326. The summed E-state index contributed by atoms with van der Waals surface area (Å²) in [6.45, 7) is 6.41. The molecule has 15 heavy (non-hydrogen) atoms. The van der Waals surface area contributed by atoms with E-state index in [1.54, 1.807) is 0 Å². The number of nitrogens with zero attached hydrogens (tertiary/aromatic N) is 3. The summed E-state index contributed by atoms with van der Waals surface area (Å²) in [6, 6.07) is 0. The maximum atomic E-state index is 9.74. The number of piperidine rings is 1. The third-order valence-electron chi connectivity index (χ3n) is 3.12. The summed E-state index contributed by atoms with van der Waals surface area (Å²) in [5.41, 5.74) is 1.71. The highest BCUT2D eigenvalue weighted by Gasteiger charge is 2.25. The third-order valence-corrected chi connectivity index (χ3v) is 3.12. The van der Waals surface area contributed by atoms with Crippen molar-refractivity contribution in [2.75, 3.05) is 13.1 Å². The highest BCUT2D eigenvalue weighted by molar-refractivity contribution is 5.04. The molecule has 1 aliphatic heterocycles. The Labute approximate surface area is 89.0 Å². The van der Waals surface area contributed by atoms with Crippen molar-refractivity contribution in [3.63, 3.8) is 0 Å². The molecule has 1 aromatic heterocycles. The van der Waals surface area contributed by atoms with Crippen molar-refractivity contribution in [3.8, 4) is 0 Å². The molecule has 0 spiro atoms. The highest BCUT2D eigenvalue weighted by atomic mass is 16.6. The normalized spacial score (nSPS) is 28.2. The molecule has 0 amide bonds. The molecule has 2 heterocycles. The molecule has 2 unspecified atom stereocenters. The zero-order valence-corrected chi connectivity index (χ0v) is 9.18. The molecule has 0 saturated carbocycles. The van der Waals surface area contributed by atoms with Crippen LogP contribution in [0.3, 0.4) is 0 Å². The number of hydrogen-bond donors (Lipinski definition) is 1. The summed E-state index contributed by atoms with van der Waals surface area (Å²) in [6.07, 6.45) is 0.810. The van der Waals surface area contributed by atoms with E-state index in [1.165, 1.54) is 0 Å². The van der Waals surface area contributed by atoms with Gasteiger partial charge < -0.3 is 5.11 Å². The van der Waals surface area contributed by atoms with Crippen LogP contribution in [0.2, 0.25) is 0 Å². The largest absolute Gasteiger partial charge is 0.392 e. The summed E-state index contributed by atoms with van der Waals surface area (Å²) in [5.74, 6) is 0.401. The first kappa shape index (κ1) is 10.6. The summed E-state index contributed by atoms with van der Waals surface area (Å²) in [5, 5.41) is 17.3. The van der Waals surface area contributed by atoms with Crippen molar-refractivity contribution in [2.45, 2.75) is 32.9 Å². The second kappa shape index (κ2) is 4.28. The van der Waals surface area contributed by atoms with Gasteiger partial charge in [0, 0.05) is 13.1 Å². The standard InChI is InChI=1S/C10H17N3O2/c1-7-3-4-13(6-10(7)14)5-9-8(2)11-15-12-9/h7,10,14H,3-6H2,1-2H3. The van der Waals surface area contributed by atoms with Gasteiger partial charge in [0.1, 0.15) is 11.4 Å². The Morgan fingerprint density at radius 1 is 1.53 bits per heavy atom. The molecule has 1 aromatic rings. The second-order valence-electron chi connectivity index (χ2n) is 4.36. The van der Waals surface area contributed by atoms with Gasteiger partial charge in [0.05, 0.1) is 6.10 Å². The number of aromatic nitrogens is 2. The number of rotatable bonds is 2. The van der Waals surface area contributed by atoms with E-state index in [2.05, 4.69) is 26.8 Å². The van der Waals surface area contributed by atoms with Gasteiger partial charge in [-0.2, -0.15) is 0 Å². The number of hydrogen-bond acceptors (Lipinski definition) is 5. The van der Waals surface area contributed by atoms with E-state index < -0.39 is 0 Å². The second-order valence-corrected chi connectivity index (χ2v) is 4.36. The van der Waals surface area contributed by atoms with E-state index in [1.807, 2.05) is 6.92 Å². The van der Waals surface area contributed by atoms with E-state index >= 15 is 0 Å². The lowest BCUT2D eigenvalue weighted by Crippen LogP contribution is -2.42. The minimum Gasteiger partial charge on any atom is -0.392 e. The maximum absolute atomic E-state index is 9.74. The average molecular weight is 211 g/mol. The molecule has 84 valence electrons. The molecule has 0 aromatic carbocycles. The Morgan fingerprint density at radius 3 is 2.93 bits per heavy atom. The van der Waals surface area contributed by atoms with Crippen LogP contribution in [0.5, 0.6) is 0 Å². The van der Waals surface area contributed by atoms with Crippen molar-refractivity contribution in [2.24, 2.45) is 5.92 Å². The van der Waals surface area contributed by atoms with Gasteiger partial charge >= 0.3 is 0 Å². The number of β-amino-alcohol motifs (C(OH)–C–C–N with tert-alkyl or cyclic N) is 1. The molecule has 1 fully saturated rings. The SMILES string of the molecule is Cc1nonc1CN1CCC(C)C(O)C1. The fourth-order valence-corrected chi connectivity index (χ4v) is 1.86. The van der Waals surface area contributed by atoms with Crippen molar-refractivity contribution in [1.82, 2.24) is 15.2 Å². The van der Waals surface area contributed by atoms with Gasteiger partial charge in [-0.1, -0.05) is 17.2 Å². The van der Waals surface area contributed by atoms with Crippen molar-refractivity contribution >= 4 is 0 Å². The lowest BCUT2D eigenvalue weighted by Gasteiger charge is -2.33. The minimum atomic E-state index is -0.223. The summed E-state index contributed by atoms with van der Waals surface area (Å²) in [4.78, 5) is 2.19. The zero-order chi connectivity index (χ0) is 10.8. The van der Waals surface area contributed by atoms with Crippen LogP contribution in [-0.4, -0.2) is 39.5 Å². The number of aryl methyl sites for hydroxylation is 1. The molecular weight excluding hydrogens is 194 g/mol. The van der Waals surface area contributed by atoms with Crippen molar-refractivity contribution < 1.29 is 9.74 Å². The van der Waals surface area contributed by atoms with Crippen LogP contribution in [0.1, 0.15) is 24.7 Å². The van der Waals surface area contributed by atoms with Crippen molar-refractivity contribution in [1.29, 1.82) is 0 Å². The topological polar surface area (TPSA) is 62.4 Å². The Kier molecular flexibility index (Phi) is 3.02. The first-order chi connectivity index (χ1) is 7.16. The summed E-state index contributed by atoms with van der Waals surface area (Å²) < 4.78 is 4.65. The van der Waals surface area contributed by atoms with Crippen LogP contribution in [0.4, 0.5) is 0 Å². The molecular formula is C10H17N3O2. The molecule has 5 heteroatoms. The Morgan fingerprint density at radius 2 is 2.33 bits per heavy atom.